The van der Waals surface area contributed by atoms with Crippen LogP contribution >= 0.6 is 0 Å². The number of nitrogens with zero attached hydrogens (tertiary/aromatic N) is 1. The van der Waals surface area contributed by atoms with Crippen LogP contribution in [0, 0.1) is 5.92 Å². The first-order valence-corrected chi connectivity index (χ1v) is 12.4. The standard InChI is InChI=1S/C23H29N3O5S/c27-23(24-16-22(19-9-12-31-17-19)26-10-13-30-14-11-26)18-5-4-6-20(15-18)25-32(28,29)21-7-2-1-3-8-21/h1-8,15,19,22,25H,9-14,16-17H2,(H,24,27). The SMILES string of the molecule is O=C(NCC(C1CCOC1)N1CCOCC1)c1cccc(NS(=O)(=O)c2ccccc2)c1. The number of carbonyl (C=O) groups is 1. The lowest BCUT2D eigenvalue weighted by molar-refractivity contribution is 0.00166. The molecule has 2 aliphatic rings. The zero-order valence-electron chi connectivity index (χ0n) is 17.9. The number of rotatable bonds is 8. The van der Waals surface area contributed by atoms with E-state index in [0.717, 1.165) is 26.1 Å². The molecule has 2 N–H and O–H groups in total. The number of hydrogen-bond acceptors (Lipinski definition) is 6. The highest BCUT2D eigenvalue weighted by Crippen LogP contribution is 2.22. The fourth-order valence-corrected chi connectivity index (χ4v) is 5.27. The summed E-state index contributed by atoms with van der Waals surface area (Å²) in [7, 11) is -3.72. The van der Waals surface area contributed by atoms with Gasteiger partial charge in [0.25, 0.3) is 15.9 Å². The first-order valence-electron chi connectivity index (χ1n) is 10.9. The van der Waals surface area contributed by atoms with Gasteiger partial charge in [-0.15, -0.1) is 0 Å². The van der Waals surface area contributed by atoms with E-state index in [1.807, 2.05) is 0 Å². The molecule has 2 heterocycles. The van der Waals surface area contributed by atoms with Crippen LogP contribution in [0.15, 0.2) is 59.5 Å². The Bertz CT molecular complexity index is 1000. The van der Waals surface area contributed by atoms with Crippen molar-refractivity contribution in [3.63, 3.8) is 0 Å². The molecule has 32 heavy (non-hydrogen) atoms. The second-order valence-electron chi connectivity index (χ2n) is 8.05. The molecular formula is C23H29N3O5S. The van der Waals surface area contributed by atoms with Crippen LogP contribution < -0.4 is 10.0 Å². The third-order valence-corrected chi connectivity index (χ3v) is 7.32. The van der Waals surface area contributed by atoms with Crippen molar-refractivity contribution in [2.75, 3.05) is 50.8 Å². The second-order valence-corrected chi connectivity index (χ2v) is 9.73. The van der Waals surface area contributed by atoms with E-state index >= 15 is 0 Å². The molecule has 1 amide bonds. The highest BCUT2D eigenvalue weighted by molar-refractivity contribution is 7.92. The monoisotopic (exact) mass is 459 g/mol. The highest BCUT2D eigenvalue weighted by Gasteiger charge is 2.31. The van der Waals surface area contributed by atoms with Crippen molar-refractivity contribution >= 4 is 21.6 Å². The number of carbonyl (C=O) groups excluding carboxylic acids is 1. The summed E-state index contributed by atoms with van der Waals surface area (Å²) in [6.45, 7) is 5.04. The number of sulfonamides is 1. The van der Waals surface area contributed by atoms with Gasteiger partial charge in [-0.25, -0.2) is 8.42 Å². The van der Waals surface area contributed by atoms with Gasteiger partial charge < -0.3 is 14.8 Å². The number of nitrogens with one attached hydrogen (secondary N) is 2. The lowest BCUT2D eigenvalue weighted by atomic mass is 9.96. The maximum absolute atomic E-state index is 12.9. The lowest BCUT2D eigenvalue weighted by Gasteiger charge is -2.37. The Hall–Kier alpha value is -2.46. The molecule has 2 aromatic carbocycles. The van der Waals surface area contributed by atoms with E-state index in [1.54, 1.807) is 42.5 Å². The van der Waals surface area contributed by atoms with E-state index in [4.69, 9.17) is 9.47 Å². The maximum Gasteiger partial charge on any atom is 0.261 e. The first kappa shape index (κ1) is 22.7. The lowest BCUT2D eigenvalue weighted by Crippen LogP contribution is -2.52. The summed E-state index contributed by atoms with van der Waals surface area (Å²) < 4.78 is 38.8. The Morgan fingerprint density at radius 2 is 1.81 bits per heavy atom. The molecule has 2 atom stereocenters. The van der Waals surface area contributed by atoms with Gasteiger partial charge in [0.05, 0.1) is 24.7 Å². The number of anilines is 1. The van der Waals surface area contributed by atoms with Crippen LogP contribution in [0.1, 0.15) is 16.8 Å². The third-order valence-electron chi connectivity index (χ3n) is 5.93. The van der Waals surface area contributed by atoms with E-state index in [9.17, 15) is 13.2 Å². The Balaban J connectivity index is 1.41. The fraction of sp³-hybridized carbons (Fsp3) is 0.435. The molecule has 2 aliphatic heterocycles. The van der Waals surface area contributed by atoms with Crippen LogP contribution in [0.2, 0.25) is 0 Å². The Labute approximate surface area is 189 Å². The van der Waals surface area contributed by atoms with Gasteiger partial charge in [-0.2, -0.15) is 0 Å². The molecule has 0 aromatic heterocycles. The number of benzene rings is 2. The zero-order valence-corrected chi connectivity index (χ0v) is 18.7. The van der Waals surface area contributed by atoms with Crippen molar-refractivity contribution in [2.24, 2.45) is 5.92 Å². The molecule has 172 valence electrons. The van der Waals surface area contributed by atoms with Crippen molar-refractivity contribution in [1.82, 2.24) is 10.2 Å². The Morgan fingerprint density at radius 1 is 1.03 bits per heavy atom. The summed E-state index contributed by atoms with van der Waals surface area (Å²) in [6.07, 6.45) is 0.981. The predicted octanol–water partition coefficient (Wildman–Crippen LogP) is 1.95. The normalized spacial score (nSPS) is 20.6. The second kappa shape index (κ2) is 10.4. The molecular weight excluding hydrogens is 430 g/mol. The van der Waals surface area contributed by atoms with E-state index in [0.29, 0.717) is 43.5 Å². The molecule has 0 radical (unpaired) electrons. The van der Waals surface area contributed by atoms with Crippen LogP contribution in [-0.2, 0) is 19.5 Å². The average molecular weight is 460 g/mol. The fourth-order valence-electron chi connectivity index (χ4n) is 4.20. The molecule has 0 aliphatic carbocycles. The molecule has 9 heteroatoms. The molecule has 0 spiro atoms. The average Bonchev–Trinajstić information content (AvgIpc) is 3.35. The molecule has 0 bridgehead atoms. The van der Waals surface area contributed by atoms with Gasteiger partial charge in [-0.05, 0) is 36.8 Å². The van der Waals surface area contributed by atoms with Gasteiger partial charge in [-0.1, -0.05) is 24.3 Å². The van der Waals surface area contributed by atoms with E-state index < -0.39 is 10.0 Å². The molecule has 2 saturated heterocycles. The van der Waals surface area contributed by atoms with Gasteiger partial charge >= 0.3 is 0 Å². The summed E-state index contributed by atoms with van der Waals surface area (Å²) in [4.78, 5) is 15.4. The number of morpholine rings is 1. The van der Waals surface area contributed by atoms with Crippen LogP contribution in [0.3, 0.4) is 0 Å². The highest BCUT2D eigenvalue weighted by atomic mass is 32.2. The van der Waals surface area contributed by atoms with Crippen molar-refractivity contribution < 1.29 is 22.7 Å². The molecule has 4 rings (SSSR count). The minimum Gasteiger partial charge on any atom is -0.381 e. The molecule has 2 fully saturated rings. The smallest absolute Gasteiger partial charge is 0.261 e. The van der Waals surface area contributed by atoms with Crippen LogP contribution in [0.5, 0.6) is 0 Å². The van der Waals surface area contributed by atoms with Crippen LogP contribution in [-0.4, -0.2) is 71.3 Å². The minimum absolute atomic E-state index is 0.169. The predicted molar refractivity (Wildman–Crippen MR) is 121 cm³/mol. The van der Waals surface area contributed by atoms with Crippen molar-refractivity contribution in [2.45, 2.75) is 17.4 Å². The van der Waals surface area contributed by atoms with Crippen molar-refractivity contribution in [3.8, 4) is 0 Å². The van der Waals surface area contributed by atoms with Crippen LogP contribution in [0.25, 0.3) is 0 Å². The van der Waals surface area contributed by atoms with Crippen molar-refractivity contribution in [1.29, 1.82) is 0 Å². The Morgan fingerprint density at radius 3 is 2.53 bits per heavy atom. The summed E-state index contributed by atoms with van der Waals surface area (Å²) in [5, 5.41) is 3.04. The third kappa shape index (κ3) is 5.66. The Kier molecular flexibility index (Phi) is 7.41. The van der Waals surface area contributed by atoms with Gasteiger partial charge in [0.2, 0.25) is 0 Å². The molecule has 0 saturated carbocycles. The van der Waals surface area contributed by atoms with Gasteiger partial charge in [0.1, 0.15) is 0 Å². The van der Waals surface area contributed by atoms with Gasteiger partial charge in [0, 0.05) is 49.5 Å². The first-order chi connectivity index (χ1) is 15.5. The largest absolute Gasteiger partial charge is 0.381 e. The molecule has 2 aromatic rings. The zero-order chi connectivity index (χ0) is 22.4. The summed E-state index contributed by atoms with van der Waals surface area (Å²) >= 11 is 0. The summed E-state index contributed by atoms with van der Waals surface area (Å²) in [5.74, 6) is 0.139. The quantitative estimate of drug-likeness (QED) is 0.626. The maximum atomic E-state index is 12.9. The minimum atomic E-state index is -3.72. The number of hydrogen-bond donors (Lipinski definition) is 2. The van der Waals surface area contributed by atoms with Gasteiger partial charge in [0.15, 0.2) is 0 Å². The van der Waals surface area contributed by atoms with E-state index in [1.165, 1.54) is 12.1 Å². The summed E-state index contributed by atoms with van der Waals surface area (Å²) in [5.41, 5.74) is 0.747. The van der Waals surface area contributed by atoms with E-state index in [-0.39, 0.29) is 16.8 Å². The molecule has 8 nitrogen and oxygen atoms in total. The van der Waals surface area contributed by atoms with Gasteiger partial charge in [-0.3, -0.25) is 14.4 Å². The summed E-state index contributed by atoms with van der Waals surface area (Å²) in [6, 6.07) is 14.9. The number of amides is 1. The van der Waals surface area contributed by atoms with E-state index in [2.05, 4.69) is 14.9 Å². The topological polar surface area (TPSA) is 97.0 Å². The molecule has 2 unspecified atom stereocenters. The van der Waals surface area contributed by atoms with Crippen LogP contribution in [0.4, 0.5) is 5.69 Å². The number of ether oxygens (including phenoxy) is 2. The van der Waals surface area contributed by atoms with Crippen molar-refractivity contribution in [3.05, 3.63) is 60.2 Å².